The van der Waals surface area contributed by atoms with Gasteiger partial charge in [-0.25, -0.2) is 9.18 Å². The molecule has 0 spiro atoms. The molecule has 1 N–H and O–H groups in total. The molecule has 0 radical (unpaired) electrons. The van der Waals surface area contributed by atoms with Gasteiger partial charge in [-0.3, -0.25) is 0 Å². The van der Waals surface area contributed by atoms with E-state index in [0.29, 0.717) is 18.1 Å². The molecule has 0 aliphatic rings. The number of carboxylic acids is 1. The molecule has 1 aromatic carbocycles. The fourth-order valence-electron chi connectivity index (χ4n) is 1.27. The molecule has 16 heavy (non-hydrogen) atoms. The van der Waals surface area contributed by atoms with Gasteiger partial charge in [0.15, 0.2) is 0 Å². The molecule has 0 amide bonds. The van der Waals surface area contributed by atoms with Crippen LogP contribution in [0.25, 0.3) is 0 Å². The topological polar surface area (TPSA) is 46.5 Å². The Bertz CT molecular complexity index is 375. The van der Waals surface area contributed by atoms with Crippen LogP contribution in [0, 0.1) is 11.7 Å². The van der Waals surface area contributed by atoms with Gasteiger partial charge in [-0.15, -0.1) is 0 Å². The van der Waals surface area contributed by atoms with Gasteiger partial charge < -0.3 is 9.84 Å². The van der Waals surface area contributed by atoms with Crippen LogP contribution in [-0.4, -0.2) is 17.7 Å². The van der Waals surface area contributed by atoms with Crippen LogP contribution in [0.4, 0.5) is 4.39 Å². The van der Waals surface area contributed by atoms with E-state index in [-0.39, 0.29) is 12.2 Å². The third-order valence-corrected chi connectivity index (χ3v) is 1.92. The Morgan fingerprint density at radius 2 is 2.12 bits per heavy atom. The standard InChI is InChI=1S/C12H15FO3/c1-8(2)6-16-7-9-3-10(12(14)15)5-11(13)4-9/h3-5,8H,6-7H2,1-2H3,(H,14,15). The van der Waals surface area contributed by atoms with E-state index in [4.69, 9.17) is 9.84 Å². The lowest BCUT2D eigenvalue weighted by Gasteiger charge is -2.07. The number of halogens is 1. The highest BCUT2D eigenvalue weighted by Crippen LogP contribution is 2.11. The number of hydrogen-bond donors (Lipinski definition) is 1. The summed E-state index contributed by atoms with van der Waals surface area (Å²) in [6, 6.07) is 3.70. The van der Waals surface area contributed by atoms with Gasteiger partial charge in [0.25, 0.3) is 0 Å². The zero-order chi connectivity index (χ0) is 12.1. The molecule has 88 valence electrons. The molecule has 0 fully saturated rings. The van der Waals surface area contributed by atoms with E-state index in [0.717, 1.165) is 6.07 Å². The summed E-state index contributed by atoms with van der Waals surface area (Å²) < 4.78 is 18.4. The molecule has 0 aromatic heterocycles. The van der Waals surface area contributed by atoms with Crippen molar-refractivity contribution in [3.63, 3.8) is 0 Å². The second-order valence-electron chi connectivity index (χ2n) is 4.06. The first-order chi connectivity index (χ1) is 7.49. The zero-order valence-corrected chi connectivity index (χ0v) is 9.37. The maximum atomic E-state index is 13.1. The number of rotatable bonds is 5. The first-order valence-electron chi connectivity index (χ1n) is 5.09. The molecule has 0 aliphatic heterocycles. The van der Waals surface area contributed by atoms with Crippen molar-refractivity contribution in [3.8, 4) is 0 Å². The molecule has 0 heterocycles. The second-order valence-corrected chi connectivity index (χ2v) is 4.06. The molecule has 0 saturated heterocycles. The monoisotopic (exact) mass is 226 g/mol. The fraction of sp³-hybridized carbons (Fsp3) is 0.417. The first-order valence-corrected chi connectivity index (χ1v) is 5.09. The van der Waals surface area contributed by atoms with Gasteiger partial charge in [0.05, 0.1) is 12.2 Å². The Balaban J connectivity index is 2.69. The lowest BCUT2D eigenvalue weighted by molar-refractivity contribution is 0.0695. The van der Waals surface area contributed by atoms with Gasteiger partial charge in [0.1, 0.15) is 5.82 Å². The summed E-state index contributed by atoms with van der Waals surface area (Å²) in [5.41, 5.74) is 0.487. The SMILES string of the molecule is CC(C)COCc1cc(F)cc(C(=O)O)c1. The zero-order valence-electron chi connectivity index (χ0n) is 9.37. The number of aromatic carboxylic acids is 1. The Morgan fingerprint density at radius 1 is 1.44 bits per heavy atom. The predicted octanol–water partition coefficient (Wildman–Crippen LogP) is 2.70. The number of hydrogen-bond acceptors (Lipinski definition) is 2. The molecule has 4 heteroatoms. The van der Waals surface area contributed by atoms with Crippen LogP contribution in [0.3, 0.4) is 0 Å². The smallest absolute Gasteiger partial charge is 0.335 e. The van der Waals surface area contributed by atoms with Gasteiger partial charge >= 0.3 is 5.97 Å². The van der Waals surface area contributed by atoms with E-state index in [2.05, 4.69) is 0 Å². The summed E-state index contributed by atoms with van der Waals surface area (Å²) in [5, 5.41) is 8.74. The van der Waals surface area contributed by atoms with Crippen molar-refractivity contribution in [1.29, 1.82) is 0 Å². The third kappa shape index (κ3) is 3.98. The molecular weight excluding hydrogens is 211 g/mol. The summed E-state index contributed by atoms with van der Waals surface area (Å²) in [4.78, 5) is 10.7. The summed E-state index contributed by atoms with van der Waals surface area (Å²) in [5.74, 6) is -1.29. The summed E-state index contributed by atoms with van der Waals surface area (Å²) in [6.07, 6.45) is 0. The average molecular weight is 226 g/mol. The van der Waals surface area contributed by atoms with Gasteiger partial charge in [0.2, 0.25) is 0 Å². The summed E-state index contributed by atoms with van der Waals surface area (Å²) >= 11 is 0. The lowest BCUT2D eigenvalue weighted by atomic mass is 10.1. The largest absolute Gasteiger partial charge is 0.478 e. The van der Waals surface area contributed by atoms with E-state index < -0.39 is 11.8 Å². The average Bonchev–Trinajstić information content (AvgIpc) is 2.16. The highest BCUT2D eigenvalue weighted by molar-refractivity contribution is 5.87. The van der Waals surface area contributed by atoms with Crippen molar-refractivity contribution in [2.75, 3.05) is 6.61 Å². The normalized spacial score (nSPS) is 10.8. The van der Waals surface area contributed by atoms with Crippen LogP contribution in [0.1, 0.15) is 29.8 Å². The Kier molecular flexibility index (Phi) is 4.43. The van der Waals surface area contributed by atoms with E-state index >= 15 is 0 Å². The molecular formula is C12H15FO3. The van der Waals surface area contributed by atoms with Crippen molar-refractivity contribution in [2.24, 2.45) is 5.92 Å². The molecule has 0 bridgehead atoms. The Labute approximate surface area is 93.9 Å². The highest BCUT2D eigenvalue weighted by atomic mass is 19.1. The molecule has 1 aromatic rings. The van der Waals surface area contributed by atoms with Crippen molar-refractivity contribution in [3.05, 3.63) is 35.1 Å². The van der Waals surface area contributed by atoms with Crippen LogP contribution in [0.15, 0.2) is 18.2 Å². The van der Waals surface area contributed by atoms with Crippen molar-refractivity contribution in [2.45, 2.75) is 20.5 Å². The Hall–Kier alpha value is -1.42. The van der Waals surface area contributed by atoms with E-state index in [9.17, 15) is 9.18 Å². The molecule has 0 saturated carbocycles. The van der Waals surface area contributed by atoms with Crippen LogP contribution in [0.5, 0.6) is 0 Å². The highest BCUT2D eigenvalue weighted by Gasteiger charge is 2.07. The van der Waals surface area contributed by atoms with Crippen LogP contribution >= 0.6 is 0 Å². The van der Waals surface area contributed by atoms with E-state index in [1.54, 1.807) is 0 Å². The van der Waals surface area contributed by atoms with Crippen molar-refractivity contribution >= 4 is 5.97 Å². The third-order valence-electron chi connectivity index (χ3n) is 1.92. The minimum absolute atomic E-state index is 0.0526. The van der Waals surface area contributed by atoms with Crippen LogP contribution < -0.4 is 0 Å². The number of ether oxygens (including phenoxy) is 1. The van der Waals surface area contributed by atoms with Crippen LogP contribution in [-0.2, 0) is 11.3 Å². The maximum Gasteiger partial charge on any atom is 0.335 e. The number of benzene rings is 1. The minimum Gasteiger partial charge on any atom is -0.478 e. The molecule has 0 aliphatic carbocycles. The molecule has 3 nitrogen and oxygen atoms in total. The van der Waals surface area contributed by atoms with E-state index in [1.807, 2.05) is 13.8 Å². The second kappa shape index (κ2) is 5.61. The van der Waals surface area contributed by atoms with Gasteiger partial charge in [-0.1, -0.05) is 13.8 Å². The van der Waals surface area contributed by atoms with E-state index in [1.165, 1.54) is 12.1 Å². The van der Waals surface area contributed by atoms with Gasteiger partial charge in [-0.2, -0.15) is 0 Å². The maximum absolute atomic E-state index is 13.1. The molecule has 0 unspecified atom stereocenters. The van der Waals surface area contributed by atoms with Crippen molar-refractivity contribution in [1.82, 2.24) is 0 Å². The Morgan fingerprint density at radius 3 is 2.69 bits per heavy atom. The predicted molar refractivity (Wildman–Crippen MR) is 57.9 cm³/mol. The number of carboxylic acid groups (broad SMARTS) is 1. The summed E-state index contributed by atoms with van der Waals surface area (Å²) in [6.45, 7) is 4.82. The van der Waals surface area contributed by atoms with Gasteiger partial charge in [-0.05, 0) is 29.7 Å². The minimum atomic E-state index is -1.13. The van der Waals surface area contributed by atoms with Crippen molar-refractivity contribution < 1.29 is 19.0 Å². The first kappa shape index (κ1) is 12.6. The molecule has 0 atom stereocenters. The fourth-order valence-corrected chi connectivity index (χ4v) is 1.27. The van der Waals surface area contributed by atoms with Gasteiger partial charge in [0, 0.05) is 6.61 Å². The van der Waals surface area contributed by atoms with Crippen LogP contribution in [0.2, 0.25) is 0 Å². The molecule has 1 rings (SSSR count). The quantitative estimate of drug-likeness (QED) is 0.839. The summed E-state index contributed by atoms with van der Waals surface area (Å²) in [7, 11) is 0. The lowest BCUT2D eigenvalue weighted by Crippen LogP contribution is -2.04. The number of carbonyl (C=O) groups is 1.